The molecule has 3 nitrogen and oxygen atoms in total. The van der Waals surface area contributed by atoms with E-state index in [1.807, 2.05) is 6.92 Å². The van der Waals surface area contributed by atoms with Gasteiger partial charge >= 0.3 is 0 Å². The average Bonchev–Trinajstić information content (AvgIpc) is 2.16. The SMILES string of the molecule is CCN[CH]S(=O)(=O)c1ccccc1. The Morgan fingerprint density at radius 3 is 2.46 bits per heavy atom. The van der Waals surface area contributed by atoms with E-state index in [0.717, 1.165) is 5.88 Å². The zero-order chi connectivity index (χ0) is 9.73. The molecule has 0 aliphatic heterocycles. The van der Waals surface area contributed by atoms with Crippen molar-refractivity contribution in [3.8, 4) is 0 Å². The van der Waals surface area contributed by atoms with Crippen LogP contribution in [0.15, 0.2) is 35.2 Å². The summed E-state index contributed by atoms with van der Waals surface area (Å²) in [5.41, 5.74) is 0. The molecule has 0 unspecified atom stereocenters. The number of sulfone groups is 1. The molecule has 71 valence electrons. The van der Waals surface area contributed by atoms with Crippen LogP contribution in [0.5, 0.6) is 0 Å². The summed E-state index contributed by atoms with van der Waals surface area (Å²) in [4.78, 5) is 0.316. The Labute approximate surface area is 78.7 Å². The molecule has 0 bridgehead atoms. The van der Waals surface area contributed by atoms with Crippen molar-refractivity contribution in [2.24, 2.45) is 0 Å². The smallest absolute Gasteiger partial charge is 0.196 e. The number of benzene rings is 1. The maximum Gasteiger partial charge on any atom is 0.196 e. The van der Waals surface area contributed by atoms with Crippen molar-refractivity contribution < 1.29 is 8.42 Å². The molecule has 0 amide bonds. The molecule has 0 aliphatic rings. The highest BCUT2D eigenvalue weighted by Gasteiger charge is 2.12. The molecule has 0 saturated heterocycles. The number of hydrogen-bond donors (Lipinski definition) is 1. The van der Waals surface area contributed by atoms with Gasteiger partial charge in [0.1, 0.15) is 5.88 Å². The van der Waals surface area contributed by atoms with Crippen molar-refractivity contribution in [1.82, 2.24) is 5.32 Å². The van der Waals surface area contributed by atoms with E-state index in [0.29, 0.717) is 11.4 Å². The normalized spacial score (nSPS) is 11.5. The third-order valence-electron chi connectivity index (χ3n) is 1.51. The Hall–Kier alpha value is -0.870. The van der Waals surface area contributed by atoms with E-state index in [9.17, 15) is 8.42 Å². The molecule has 0 aliphatic carbocycles. The standard InChI is InChI=1S/C9H12NO2S/c1-2-10-8-13(11,12)9-6-4-3-5-7-9/h3-8,10H,2H2,1H3. The van der Waals surface area contributed by atoms with Gasteiger partial charge in [-0.05, 0) is 18.7 Å². The van der Waals surface area contributed by atoms with Crippen LogP contribution in [0.25, 0.3) is 0 Å². The Morgan fingerprint density at radius 1 is 1.31 bits per heavy atom. The van der Waals surface area contributed by atoms with Gasteiger partial charge in [0.2, 0.25) is 0 Å². The lowest BCUT2D eigenvalue weighted by Gasteiger charge is -2.02. The first-order chi connectivity index (χ1) is 6.17. The number of rotatable bonds is 4. The summed E-state index contributed by atoms with van der Waals surface area (Å²) in [5, 5.41) is 2.67. The van der Waals surface area contributed by atoms with Crippen molar-refractivity contribution in [3.05, 3.63) is 36.2 Å². The summed E-state index contributed by atoms with van der Waals surface area (Å²) in [7, 11) is -3.26. The summed E-state index contributed by atoms with van der Waals surface area (Å²) in [5.74, 6) is 1.13. The predicted molar refractivity (Wildman–Crippen MR) is 51.6 cm³/mol. The molecule has 1 aromatic rings. The van der Waals surface area contributed by atoms with Crippen LogP contribution in [0.3, 0.4) is 0 Å². The summed E-state index contributed by atoms with van der Waals surface area (Å²) >= 11 is 0. The first-order valence-corrected chi connectivity index (χ1v) is 5.58. The van der Waals surface area contributed by atoms with Crippen LogP contribution < -0.4 is 5.32 Å². The fourth-order valence-electron chi connectivity index (χ4n) is 0.871. The van der Waals surface area contributed by atoms with Crippen LogP contribution >= 0.6 is 0 Å². The van der Waals surface area contributed by atoms with Crippen LogP contribution in [0.2, 0.25) is 0 Å². The van der Waals surface area contributed by atoms with E-state index in [1.165, 1.54) is 0 Å². The van der Waals surface area contributed by atoms with Crippen LogP contribution in [0.1, 0.15) is 6.92 Å². The molecule has 0 atom stereocenters. The monoisotopic (exact) mass is 198 g/mol. The Kier molecular flexibility index (Phi) is 3.45. The maximum atomic E-state index is 11.5. The predicted octanol–water partition coefficient (Wildman–Crippen LogP) is 1.19. The molecule has 13 heavy (non-hydrogen) atoms. The minimum atomic E-state index is -3.26. The minimum Gasteiger partial charge on any atom is -0.299 e. The zero-order valence-corrected chi connectivity index (χ0v) is 8.21. The highest BCUT2D eigenvalue weighted by atomic mass is 32.2. The molecular weight excluding hydrogens is 186 g/mol. The van der Waals surface area contributed by atoms with Gasteiger partial charge in [0.15, 0.2) is 9.84 Å². The largest absolute Gasteiger partial charge is 0.299 e. The van der Waals surface area contributed by atoms with Crippen LogP contribution in [-0.2, 0) is 9.84 Å². The molecule has 0 spiro atoms. The third kappa shape index (κ3) is 2.82. The number of nitrogens with one attached hydrogen (secondary N) is 1. The quantitative estimate of drug-likeness (QED) is 0.790. The molecule has 0 aromatic heterocycles. The fourth-order valence-corrected chi connectivity index (χ4v) is 1.93. The van der Waals surface area contributed by atoms with E-state index in [-0.39, 0.29) is 0 Å². The molecule has 1 aromatic carbocycles. The van der Waals surface area contributed by atoms with Crippen LogP contribution in [0.4, 0.5) is 0 Å². The molecule has 0 heterocycles. The van der Waals surface area contributed by atoms with Crippen molar-refractivity contribution in [3.63, 3.8) is 0 Å². The van der Waals surface area contributed by atoms with Gasteiger partial charge in [0.25, 0.3) is 0 Å². The van der Waals surface area contributed by atoms with E-state index in [4.69, 9.17) is 0 Å². The van der Waals surface area contributed by atoms with Crippen molar-refractivity contribution in [2.75, 3.05) is 6.54 Å². The Bertz CT molecular complexity index is 345. The minimum absolute atomic E-state index is 0.316. The Balaban J connectivity index is 2.83. The van der Waals surface area contributed by atoms with Gasteiger partial charge in [-0.25, -0.2) is 8.42 Å². The topological polar surface area (TPSA) is 46.2 Å². The Morgan fingerprint density at radius 2 is 1.92 bits per heavy atom. The van der Waals surface area contributed by atoms with Crippen molar-refractivity contribution in [2.45, 2.75) is 11.8 Å². The second-order valence-corrected chi connectivity index (χ2v) is 4.33. The summed E-state index contributed by atoms with van der Waals surface area (Å²) in [6.07, 6.45) is 0. The molecular formula is C9H12NO2S. The van der Waals surface area contributed by atoms with Gasteiger partial charge < -0.3 is 0 Å². The van der Waals surface area contributed by atoms with Crippen LogP contribution in [0, 0.1) is 5.88 Å². The van der Waals surface area contributed by atoms with Crippen LogP contribution in [-0.4, -0.2) is 15.0 Å². The lowest BCUT2D eigenvalue weighted by Crippen LogP contribution is -2.16. The molecule has 1 rings (SSSR count). The third-order valence-corrected chi connectivity index (χ3v) is 2.92. The molecule has 4 heteroatoms. The summed E-state index contributed by atoms with van der Waals surface area (Å²) < 4.78 is 22.9. The van der Waals surface area contributed by atoms with Crippen molar-refractivity contribution >= 4 is 9.84 Å². The molecule has 1 N–H and O–H groups in total. The molecule has 1 radical (unpaired) electrons. The zero-order valence-electron chi connectivity index (χ0n) is 7.40. The lowest BCUT2D eigenvalue weighted by atomic mass is 10.4. The second kappa shape index (κ2) is 4.39. The second-order valence-electron chi connectivity index (χ2n) is 2.53. The van der Waals surface area contributed by atoms with Gasteiger partial charge in [-0.2, -0.15) is 0 Å². The van der Waals surface area contributed by atoms with E-state index in [1.54, 1.807) is 30.3 Å². The summed E-state index contributed by atoms with van der Waals surface area (Å²) in [6.45, 7) is 2.45. The summed E-state index contributed by atoms with van der Waals surface area (Å²) in [6, 6.07) is 8.33. The fraction of sp³-hybridized carbons (Fsp3) is 0.222. The molecule has 0 saturated carbocycles. The molecule has 0 fully saturated rings. The first kappa shape index (κ1) is 10.2. The van der Waals surface area contributed by atoms with Gasteiger partial charge in [0.05, 0.1) is 4.90 Å². The van der Waals surface area contributed by atoms with Crippen molar-refractivity contribution in [1.29, 1.82) is 0 Å². The number of hydrogen-bond acceptors (Lipinski definition) is 3. The lowest BCUT2D eigenvalue weighted by molar-refractivity contribution is 0.597. The first-order valence-electron chi connectivity index (χ1n) is 4.03. The van der Waals surface area contributed by atoms with E-state index >= 15 is 0 Å². The van der Waals surface area contributed by atoms with Gasteiger partial charge in [-0.15, -0.1) is 0 Å². The van der Waals surface area contributed by atoms with Gasteiger partial charge in [-0.3, -0.25) is 5.32 Å². The van der Waals surface area contributed by atoms with Gasteiger partial charge in [-0.1, -0.05) is 25.1 Å². The van der Waals surface area contributed by atoms with E-state index < -0.39 is 9.84 Å². The highest BCUT2D eigenvalue weighted by Crippen LogP contribution is 2.10. The average molecular weight is 198 g/mol. The maximum absolute atomic E-state index is 11.5. The highest BCUT2D eigenvalue weighted by molar-refractivity contribution is 7.93. The van der Waals surface area contributed by atoms with E-state index in [2.05, 4.69) is 5.32 Å². The van der Waals surface area contributed by atoms with Gasteiger partial charge in [0, 0.05) is 0 Å².